The van der Waals surface area contributed by atoms with Crippen molar-refractivity contribution in [3.05, 3.63) is 11.8 Å². The Morgan fingerprint density at radius 1 is 1.77 bits per heavy atom. The zero-order valence-electron chi connectivity index (χ0n) is 7.91. The van der Waals surface area contributed by atoms with Gasteiger partial charge in [0.1, 0.15) is 0 Å². The van der Waals surface area contributed by atoms with E-state index in [0.717, 1.165) is 5.76 Å². The zero-order valence-corrected chi connectivity index (χ0v) is 7.91. The van der Waals surface area contributed by atoms with E-state index in [9.17, 15) is 4.79 Å². The van der Waals surface area contributed by atoms with Crippen LogP contribution in [0.5, 0.6) is 0 Å². The van der Waals surface area contributed by atoms with E-state index in [1.165, 1.54) is 0 Å². The molecule has 0 spiro atoms. The van der Waals surface area contributed by atoms with Crippen LogP contribution in [0.1, 0.15) is 13.3 Å². The van der Waals surface area contributed by atoms with Gasteiger partial charge in [-0.05, 0) is 13.0 Å². The molecule has 0 saturated carbocycles. The minimum Gasteiger partial charge on any atom is -0.501 e. The average Bonchev–Trinajstić information content (AvgIpc) is 2.18. The number of rotatable bonds is 3. The molecule has 1 aliphatic rings. The van der Waals surface area contributed by atoms with Crippen LogP contribution in [-0.4, -0.2) is 32.4 Å². The Kier molecular flexibility index (Phi) is 3.76. The van der Waals surface area contributed by atoms with E-state index >= 15 is 0 Å². The van der Waals surface area contributed by atoms with E-state index in [1.807, 2.05) is 6.08 Å². The molecule has 4 nitrogen and oxygen atoms in total. The van der Waals surface area contributed by atoms with Gasteiger partial charge >= 0.3 is 5.97 Å². The molecule has 4 heteroatoms. The summed E-state index contributed by atoms with van der Waals surface area (Å²) in [5.74, 6) is 0.467. The molecule has 0 aromatic carbocycles. The highest BCUT2D eigenvalue weighted by molar-refractivity contribution is 5.75. The van der Waals surface area contributed by atoms with Crippen LogP contribution in [0, 0.1) is 0 Å². The van der Waals surface area contributed by atoms with Gasteiger partial charge in [-0.3, -0.25) is 0 Å². The summed E-state index contributed by atoms with van der Waals surface area (Å²) in [6.07, 6.45) is 1.78. The maximum Gasteiger partial charge on any atom is 0.335 e. The lowest BCUT2D eigenvalue weighted by Gasteiger charge is -2.20. The number of methoxy groups -OCH3 is 1. The minimum absolute atomic E-state index is 0.315. The number of hydrogen-bond acceptors (Lipinski definition) is 4. The largest absolute Gasteiger partial charge is 0.501 e. The third-order valence-electron chi connectivity index (χ3n) is 1.81. The lowest BCUT2D eigenvalue weighted by molar-refractivity contribution is -0.157. The number of hydrogen-bond donors (Lipinski definition) is 0. The summed E-state index contributed by atoms with van der Waals surface area (Å²) in [6, 6.07) is 0. The topological polar surface area (TPSA) is 44.8 Å². The molecular weight excluding hydrogens is 172 g/mol. The van der Waals surface area contributed by atoms with Gasteiger partial charge in [-0.2, -0.15) is 0 Å². The zero-order chi connectivity index (χ0) is 9.68. The van der Waals surface area contributed by atoms with Gasteiger partial charge in [0, 0.05) is 6.42 Å². The second kappa shape index (κ2) is 4.87. The lowest BCUT2D eigenvalue weighted by atomic mass is 10.2. The molecule has 0 N–H and O–H groups in total. The molecule has 1 heterocycles. The van der Waals surface area contributed by atoms with E-state index in [1.54, 1.807) is 14.0 Å². The summed E-state index contributed by atoms with van der Waals surface area (Å²) < 4.78 is 15.0. The van der Waals surface area contributed by atoms with Crippen LogP contribution in [0.25, 0.3) is 0 Å². The molecular formula is C9H14O4. The summed E-state index contributed by atoms with van der Waals surface area (Å²) in [5.41, 5.74) is 0. The van der Waals surface area contributed by atoms with Gasteiger partial charge < -0.3 is 14.2 Å². The molecule has 1 rings (SSSR count). The summed E-state index contributed by atoms with van der Waals surface area (Å²) in [6.45, 7) is 2.56. The first-order valence-electron chi connectivity index (χ1n) is 4.29. The molecule has 1 unspecified atom stereocenters. The lowest BCUT2D eigenvalue weighted by Crippen LogP contribution is -2.30. The smallest absolute Gasteiger partial charge is 0.335 e. The van der Waals surface area contributed by atoms with Gasteiger partial charge in [0.2, 0.25) is 0 Å². The fraction of sp³-hybridized carbons (Fsp3) is 0.667. The predicted molar refractivity (Wildman–Crippen MR) is 46.1 cm³/mol. The highest BCUT2D eigenvalue weighted by Gasteiger charge is 2.24. The van der Waals surface area contributed by atoms with Crippen LogP contribution in [0.15, 0.2) is 11.8 Å². The molecule has 1 atom stereocenters. The van der Waals surface area contributed by atoms with Crippen LogP contribution in [0.2, 0.25) is 0 Å². The van der Waals surface area contributed by atoms with Crippen LogP contribution in [-0.2, 0) is 19.0 Å². The van der Waals surface area contributed by atoms with Crippen molar-refractivity contribution in [3.8, 4) is 0 Å². The summed E-state index contributed by atoms with van der Waals surface area (Å²) in [7, 11) is 1.58. The molecule has 74 valence electrons. The Morgan fingerprint density at radius 3 is 3.15 bits per heavy atom. The molecule has 13 heavy (non-hydrogen) atoms. The maximum atomic E-state index is 11.2. The average molecular weight is 186 g/mol. The van der Waals surface area contributed by atoms with Crippen molar-refractivity contribution in [2.24, 2.45) is 0 Å². The molecule has 0 amide bonds. The second-order valence-corrected chi connectivity index (χ2v) is 2.65. The number of carbonyl (C=O) groups is 1. The van der Waals surface area contributed by atoms with E-state index < -0.39 is 6.10 Å². The Labute approximate surface area is 77.5 Å². The molecule has 0 fully saturated rings. The molecule has 0 aromatic rings. The van der Waals surface area contributed by atoms with Crippen LogP contribution in [0.3, 0.4) is 0 Å². The third-order valence-corrected chi connectivity index (χ3v) is 1.81. The summed E-state index contributed by atoms with van der Waals surface area (Å²) in [4.78, 5) is 11.2. The third kappa shape index (κ3) is 2.73. The quantitative estimate of drug-likeness (QED) is 0.613. The van der Waals surface area contributed by atoms with E-state index in [-0.39, 0.29) is 5.97 Å². The Morgan fingerprint density at radius 2 is 2.54 bits per heavy atom. The molecule has 0 radical (unpaired) electrons. The molecule has 0 bridgehead atoms. The standard InChI is InChI=1S/C9H14O4/c1-3-12-9(10)8-6-7(11-2)4-5-13-8/h4,8H,3,5-6H2,1-2H3. The molecule has 0 aliphatic carbocycles. The van der Waals surface area contributed by atoms with E-state index in [2.05, 4.69) is 0 Å². The van der Waals surface area contributed by atoms with Gasteiger partial charge in [0.25, 0.3) is 0 Å². The Balaban J connectivity index is 2.45. The SMILES string of the molecule is CCOC(=O)C1CC(OC)=CCO1. The molecule has 0 aromatic heterocycles. The Bertz CT molecular complexity index is 210. The number of carbonyl (C=O) groups excluding carboxylic acids is 1. The maximum absolute atomic E-state index is 11.2. The van der Waals surface area contributed by atoms with Crippen molar-refractivity contribution in [2.45, 2.75) is 19.4 Å². The van der Waals surface area contributed by atoms with Gasteiger partial charge in [0.15, 0.2) is 6.10 Å². The second-order valence-electron chi connectivity index (χ2n) is 2.65. The van der Waals surface area contributed by atoms with E-state index in [0.29, 0.717) is 19.6 Å². The first-order chi connectivity index (χ1) is 6.27. The minimum atomic E-state index is -0.500. The monoisotopic (exact) mass is 186 g/mol. The van der Waals surface area contributed by atoms with Crippen LogP contribution >= 0.6 is 0 Å². The van der Waals surface area contributed by atoms with Gasteiger partial charge in [-0.1, -0.05) is 0 Å². The fourth-order valence-electron chi connectivity index (χ4n) is 1.14. The fourth-order valence-corrected chi connectivity index (χ4v) is 1.14. The van der Waals surface area contributed by atoms with Crippen molar-refractivity contribution in [3.63, 3.8) is 0 Å². The van der Waals surface area contributed by atoms with Gasteiger partial charge in [0.05, 0.1) is 26.1 Å². The molecule has 1 aliphatic heterocycles. The summed E-state index contributed by atoms with van der Waals surface area (Å²) >= 11 is 0. The van der Waals surface area contributed by atoms with Crippen molar-refractivity contribution in [2.75, 3.05) is 20.3 Å². The van der Waals surface area contributed by atoms with Gasteiger partial charge in [-0.25, -0.2) is 4.79 Å². The van der Waals surface area contributed by atoms with E-state index in [4.69, 9.17) is 14.2 Å². The highest BCUT2D eigenvalue weighted by Crippen LogP contribution is 2.15. The van der Waals surface area contributed by atoms with Crippen LogP contribution < -0.4 is 0 Å². The Hall–Kier alpha value is -1.03. The normalized spacial score (nSPS) is 22.0. The van der Waals surface area contributed by atoms with Gasteiger partial charge in [-0.15, -0.1) is 0 Å². The van der Waals surface area contributed by atoms with Crippen molar-refractivity contribution in [1.29, 1.82) is 0 Å². The van der Waals surface area contributed by atoms with Crippen molar-refractivity contribution >= 4 is 5.97 Å². The first-order valence-corrected chi connectivity index (χ1v) is 4.29. The number of ether oxygens (including phenoxy) is 3. The van der Waals surface area contributed by atoms with Crippen molar-refractivity contribution in [1.82, 2.24) is 0 Å². The summed E-state index contributed by atoms with van der Waals surface area (Å²) in [5, 5.41) is 0. The highest BCUT2D eigenvalue weighted by atomic mass is 16.6. The predicted octanol–water partition coefficient (Wildman–Crippen LogP) is 0.869. The van der Waals surface area contributed by atoms with Crippen LogP contribution in [0.4, 0.5) is 0 Å². The molecule has 0 saturated heterocycles. The van der Waals surface area contributed by atoms with Crippen molar-refractivity contribution < 1.29 is 19.0 Å². The number of esters is 1. The first kappa shape index (κ1) is 10.1.